The quantitative estimate of drug-likeness (QED) is 0.754. The number of nitrogens with one attached hydrogen (secondary N) is 1. The van der Waals surface area contributed by atoms with E-state index in [0.717, 1.165) is 22.7 Å². The first kappa shape index (κ1) is 21.1. The van der Waals surface area contributed by atoms with E-state index in [2.05, 4.69) is 5.32 Å². The highest BCUT2D eigenvalue weighted by Gasteiger charge is 2.24. The maximum atomic E-state index is 12.5. The number of rotatable bonds is 6. The second kappa shape index (κ2) is 8.42. The van der Waals surface area contributed by atoms with Gasteiger partial charge in [-0.05, 0) is 55.3 Å². The predicted octanol–water partition coefficient (Wildman–Crippen LogP) is 3.18. The van der Waals surface area contributed by atoms with Crippen molar-refractivity contribution in [2.75, 3.05) is 33.9 Å². The van der Waals surface area contributed by atoms with Gasteiger partial charge in [0.1, 0.15) is 6.54 Å². The van der Waals surface area contributed by atoms with Crippen LogP contribution in [0.25, 0.3) is 0 Å². The number of nitrogens with zero attached hydrogens (tertiary/aromatic N) is 2. The van der Waals surface area contributed by atoms with Crippen molar-refractivity contribution in [1.29, 1.82) is 0 Å². The van der Waals surface area contributed by atoms with Crippen LogP contribution in [0.4, 0.5) is 17.1 Å². The number of anilines is 3. The molecule has 0 bridgehead atoms. The Hall–Kier alpha value is -2.58. The number of hydrogen-bond acceptors (Lipinski definition) is 4. The van der Waals surface area contributed by atoms with Crippen LogP contribution < -0.4 is 14.5 Å². The number of carbonyl (C=O) groups is 2. The molecule has 1 saturated heterocycles. The fourth-order valence-electron chi connectivity index (χ4n) is 3.21. The van der Waals surface area contributed by atoms with E-state index in [-0.39, 0.29) is 12.5 Å². The van der Waals surface area contributed by atoms with Crippen LogP contribution in [0.3, 0.4) is 0 Å². The van der Waals surface area contributed by atoms with Crippen molar-refractivity contribution in [3.63, 3.8) is 0 Å². The lowest BCUT2D eigenvalue weighted by Gasteiger charge is -2.24. The van der Waals surface area contributed by atoms with Gasteiger partial charge in [0.2, 0.25) is 21.8 Å². The first-order valence-electron chi connectivity index (χ1n) is 9.09. The lowest BCUT2D eigenvalue weighted by Crippen LogP contribution is -2.37. The van der Waals surface area contributed by atoms with Crippen molar-refractivity contribution in [3.05, 3.63) is 53.1 Å². The van der Waals surface area contributed by atoms with Gasteiger partial charge < -0.3 is 10.2 Å². The molecular formula is C20H22ClN3O4S. The van der Waals surface area contributed by atoms with E-state index < -0.39 is 15.9 Å². The number of hydrogen-bond donors (Lipinski definition) is 1. The van der Waals surface area contributed by atoms with E-state index in [1.807, 2.05) is 0 Å². The Kier molecular flexibility index (Phi) is 6.14. The molecule has 0 spiro atoms. The van der Waals surface area contributed by atoms with Crippen LogP contribution in [0.15, 0.2) is 42.5 Å². The second-order valence-electron chi connectivity index (χ2n) is 6.94. The van der Waals surface area contributed by atoms with Crippen molar-refractivity contribution >= 4 is 50.5 Å². The van der Waals surface area contributed by atoms with Crippen molar-refractivity contribution in [2.45, 2.75) is 19.8 Å². The van der Waals surface area contributed by atoms with Gasteiger partial charge in [0.15, 0.2) is 0 Å². The molecule has 0 atom stereocenters. The molecule has 9 heteroatoms. The molecule has 1 heterocycles. The van der Waals surface area contributed by atoms with E-state index in [4.69, 9.17) is 11.6 Å². The third-order valence-electron chi connectivity index (χ3n) is 4.66. The van der Waals surface area contributed by atoms with Gasteiger partial charge in [0, 0.05) is 29.4 Å². The number of carbonyl (C=O) groups excluding carboxylic acids is 2. The van der Waals surface area contributed by atoms with E-state index in [1.165, 1.54) is 6.07 Å². The topological polar surface area (TPSA) is 86.8 Å². The normalized spacial score (nSPS) is 14.2. The third kappa shape index (κ3) is 5.07. The molecule has 0 unspecified atom stereocenters. The Labute approximate surface area is 175 Å². The predicted molar refractivity (Wildman–Crippen MR) is 115 cm³/mol. The van der Waals surface area contributed by atoms with Crippen LogP contribution in [-0.4, -0.2) is 39.6 Å². The van der Waals surface area contributed by atoms with Gasteiger partial charge in [0.05, 0.1) is 11.9 Å². The highest BCUT2D eigenvalue weighted by atomic mass is 35.5. The standard InChI is InChI=1S/C20H22ClN3O4S/c1-14-5-6-15(21)12-18(14)24(29(2,27)28)13-19(25)22-16-7-9-17(10-8-16)23-11-3-4-20(23)26/h5-10,12H,3-4,11,13H2,1-2H3,(H,22,25). The minimum Gasteiger partial charge on any atom is -0.325 e. The molecule has 2 aromatic carbocycles. The zero-order valence-corrected chi connectivity index (χ0v) is 17.8. The summed E-state index contributed by atoms with van der Waals surface area (Å²) in [6, 6.07) is 11.8. The molecule has 0 aromatic heterocycles. The number of halogens is 1. The molecular weight excluding hydrogens is 414 g/mol. The zero-order valence-electron chi connectivity index (χ0n) is 16.2. The number of amides is 2. The highest BCUT2D eigenvalue weighted by Crippen LogP contribution is 2.27. The molecule has 1 aliphatic rings. The Morgan fingerprint density at radius 2 is 1.90 bits per heavy atom. The summed E-state index contributed by atoms with van der Waals surface area (Å²) >= 11 is 6.01. The van der Waals surface area contributed by atoms with Crippen LogP contribution in [-0.2, 0) is 19.6 Å². The summed E-state index contributed by atoms with van der Waals surface area (Å²) in [6.45, 7) is 2.05. The molecule has 154 valence electrons. The van der Waals surface area contributed by atoms with E-state index in [1.54, 1.807) is 48.2 Å². The van der Waals surface area contributed by atoms with E-state index >= 15 is 0 Å². The Bertz CT molecular complexity index is 1040. The van der Waals surface area contributed by atoms with Gasteiger partial charge in [0.25, 0.3) is 0 Å². The van der Waals surface area contributed by atoms with Crippen LogP contribution in [0.5, 0.6) is 0 Å². The molecule has 1 N–H and O–H groups in total. The monoisotopic (exact) mass is 435 g/mol. The lowest BCUT2D eigenvalue weighted by atomic mass is 10.2. The molecule has 1 fully saturated rings. The van der Waals surface area contributed by atoms with E-state index in [0.29, 0.717) is 34.9 Å². The Balaban J connectivity index is 1.74. The third-order valence-corrected chi connectivity index (χ3v) is 6.03. The fraction of sp³-hybridized carbons (Fsp3) is 0.300. The van der Waals surface area contributed by atoms with Crippen molar-refractivity contribution in [1.82, 2.24) is 0 Å². The maximum Gasteiger partial charge on any atom is 0.245 e. The van der Waals surface area contributed by atoms with Gasteiger partial charge >= 0.3 is 0 Å². The minimum absolute atomic E-state index is 0.0856. The summed E-state index contributed by atoms with van der Waals surface area (Å²) in [5.41, 5.74) is 2.34. The Morgan fingerprint density at radius 1 is 1.21 bits per heavy atom. The molecule has 0 aliphatic carbocycles. The highest BCUT2D eigenvalue weighted by molar-refractivity contribution is 7.92. The van der Waals surface area contributed by atoms with Crippen molar-refractivity contribution < 1.29 is 18.0 Å². The minimum atomic E-state index is -3.70. The molecule has 7 nitrogen and oxygen atoms in total. The lowest BCUT2D eigenvalue weighted by molar-refractivity contribution is -0.117. The van der Waals surface area contributed by atoms with Crippen molar-refractivity contribution in [2.24, 2.45) is 0 Å². The van der Waals surface area contributed by atoms with Gasteiger partial charge in [-0.1, -0.05) is 17.7 Å². The second-order valence-corrected chi connectivity index (χ2v) is 9.29. The fourth-order valence-corrected chi connectivity index (χ4v) is 4.28. The first-order chi connectivity index (χ1) is 13.6. The van der Waals surface area contributed by atoms with Gasteiger partial charge in [-0.2, -0.15) is 0 Å². The van der Waals surface area contributed by atoms with Gasteiger partial charge in [-0.25, -0.2) is 8.42 Å². The largest absolute Gasteiger partial charge is 0.325 e. The number of aryl methyl sites for hydroxylation is 1. The molecule has 3 rings (SSSR count). The summed E-state index contributed by atoms with van der Waals surface area (Å²) in [7, 11) is -3.70. The van der Waals surface area contributed by atoms with Crippen molar-refractivity contribution in [3.8, 4) is 0 Å². The average Bonchev–Trinajstić information content (AvgIpc) is 3.08. The molecule has 2 amide bonds. The van der Waals surface area contributed by atoms with Crippen LogP contribution in [0, 0.1) is 6.92 Å². The van der Waals surface area contributed by atoms with Crippen LogP contribution in [0.2, 0.25) is 5.02 Å². The SMILES string of the molecule is Cc1ccc(Cl)cc1N(CC(=O)Nc1ccc(N2CCCC2=O)cc1)S(C)(=O)=O. The maximum absolute atomic E-state index is 12.5. The zero-order chi connectivity index (χ0) is 21.2. The van der Waals surface area contributed by atoms with Crippen LogP contribution >= 0.6 is 11.6 Å². The molecule has 2 aromatic rings. The molecule has 0 radical (unpaired) electrons. The van der Waals surface area contributed by atoms with Crippen LogP contribution in [0.1, 0.15) is 18.4 Å². The number of benzene rings is 2. The van der Waals surface area contributed by atoms with Gasteiger partial charge in [-0.3, -0.25) is 13.9 Å². The molecule has 29 heavy (non-hydrogen) atoms. The summed E-state index contributed by atoms with van der Waals surface area (Å²) in [5, 5.41) is 3.08. The molecule has 0 saturated carbocycles. The summed E-state index contributed by atoms with van der Waals surface area (Å²) < 4.78 is 25.6. The number of sulfonamides is 1. The average molecular weight is 436 g/mol. The van der Waals surface area contributed by atoms with Gasteiger partial charge in [-0.15, -0.1) is 0 Å². The molecule has 1 aliphatic heterocycles. The first-order valence-corrected chi connectivity index (χ1v) is 11.3. The Morgan fingerprint density at radius 3 is 2.48 bits per heavy atom. The summed E-state index contributed by atoms with van der Waals surface area (Å²) in [6.07, 6.45) is 2.42. The smallest absolute Gasteiger partial charge is 0.245 e. The summed E-state index contributed by atoms with van der Waals surface area (Å²) in [4.78, 5) is 26.0. The van der Waals surface area contributed by atoms with E-state index in [9.17, 15) is 18.0 Å². The summed E-state index contributed by atoms with van der Waals surface area (Å²) in [5.74, 6) is -0.401.